The lowest BCUT2D eigenvalue weighted by Crippen LogP contribution is -2.47. The van der Waals surface area contributed by atoms with Crippen molar-refractivity contribution in [3.05, 3.63) is 0 Å². The summed E-state index contributed by atoms with van der Waals surface area (Å²) in [5.41, 5.74) is 0. The lowest BCUT2D eigenvalue weighted by Gasteiger charge is -2.42. The lowest BCUT2D eigenvalue weighted by molar-refractivity contribution is -0.150. The van der Waals surface area contributed by atoms with Crippen molar-refractivity contribution in [1.82, 2.24) is 4.90 Å². The molecule has 1 aliphatic carbocycles. The van der Waals surface area contributed by atoms with Crippen LogP contribution in [-0.4, -0.2) is 35.0 Å². The molecule has 0 aromatic heterocycles. The van der Waals surface area contributed by atoms with Gasteiger partial charge in [0, 0.05) is 19.0 Å². The number of carboxylic acid groups (broad SMARTS) is 1. The van der Waals surface area contributed by atoms with Crippen molar-refractivity contribution in [2.75, 3.05) is 13.1 Å². The van der Waals surface area contributed by atoms with Crippen LogP contribution < -0.4 is 0 Å². The Bertz CT molecular complexity index is 355. The zero-order valence-electron chi connectivity index (χ0n) is 12.0. The maximum absolute atomic E-state index is 12.4. The second kappa shape index (κ2) is 5.93. The Morgan fingerprint density at radius 3 is 2.32 bits per heavy atom. The van der Waals surface area contributed by atoms with E-state index >= 15 is 0 Å². The number of carbonyl (C=O) groups is 2. The number of amides is 1. The average molecular weight is 267 g/mol. The molecule has 0 aromatic carbocycles. The molecule has 1 saturated heterocycles. The Hall–Kier alpha value is -1.06. The van der Waals surface area contributed by atoms with Crippen molar-refractivity contribution in [3.8, 4) is 0 Å². The van der Waals surface area contributed by atoms with E-state index in [1.807, 2.05) is 4.90 Å². The number of nitrogens with zero attached hydrogens (tertiary/aromatic N) is 1. The highest BCUT2D eigenvalue weighted by Gasteiger charge is 2.36. The maximum atomic E-state index is 12.4. The first-order chi connectivity index (χ1) is 9.00. The molecular formula is C15H25NO3. The van der Waals surface area contributed by atoms with Crippen LogP contribution in [-0.2, 0) is 9.59 Å². The highest BCUT2D eigenvalue weighted by atomic mass is 16.4. The van der Waals surface area contributed by atoms with Crippen molar-refractivity contribution in [3.63, 3.8) is 0 Å². The van der Waals surface area contributed by atoms with E-state index in [2.05, 4.69) is 0 Å². The van der Waals surface area contributed by atoms with Crippen molar-refractivity contribution in [1.29, 1.82) is 0 Å². The van der Waals surface area contributed by atoms with Crippen LogP contribution in [0.1, 0.15) is 46.0 Å². The largest absolute Gasteiger partial charge is 0.481 e. The Balaban J connectivity index is 1.95. The van der Waals surface area contributed by atoms with E-state index in [0.29, 0.717) is 5.92 Å². The predicted molar refractivity (Wildman–Crippen MR) is 72.6 cm³/mol. The molecule has 0 aromatic rings. The highest BCUT2D eigenvalue weighted by Crippen LogP contribution is 2.36. The van der Waals surface area contributed by atoms with Crippen LogP contribution in [0.5, 0.6) is 0 Å². The van der Waals surface area contributed by atoms with E-state index in [0.717, 1.165) is 25.4 Å². The fourth-order valence-electron chi connectivity index (χ4n) is 3.52. The second-order valence-corrected chi connectivity index (χ2v) is 6.29. The summed E-state index contributed by atoms with van der Waals surface area (Å²) in [6.07, 6.45) is 6.27. The molecule has 1 heterocycles. The molecule has 0 bridgehead atoms. The van der Waals surface area contributed by atoms with Gasteiger partial charge in [0.15, 0.2) is 0 Å². The minimum absolute atomic E-state index is 0.0268. The topological polar surface area (TPSA) is 57.6 Å². The van der Waals surface area contributed by atoms with Crippen molar-refractivity contribution >= 4 is 11.9 Å². The Labute approximate surface area is 115 Å². The van der Waals surface area contributed by atoms with E-state index in [-0.39, 0.29) is 5.91 Å². The summed E-state index contributed by atoms with van der Waals surface area (Å²) in [5.74, 6) is -0.426. The van der Waals surface area contributed by atoms with E-state index in [1.165, 1.54) is 25.7 Å². The minimum Gasteiger partial charge on any atom is -0.481 e. The fourth-order valence-corrected chi connectivity index (χ4v) is 3.52. The van der Waals surface area contributed by atoms with Crippen molar-refractivity contribution in [2.24, 2.45) is 23.7 Å². The van der Waals surface area contributed by atoms with Gasteiger partial charge in [0.2, 0.25) is 5.91 Å². The number of likely N-dealkylation sites (tertiary alicyclic amines) is 1. The molecular weight excluding hydrogens is 242 g/mol. The third-order valence-corrected chi connectivity index (χ3v) is 5.13. The van der Waals surface area contributed by atoms with Crippen LogP contribution in [0.15, 0.2) is 0 Å². The zero-order valence-corrected chi connectivity index (χ0v) is 12.0. The van der Waals surface area contributed by atoms with E-state index in [1.54, 1.807) is 13.8 Å². The molecule has 4 nitrogen and oxygen atoms in total. The number of fused-ring (bicyclic) bond motifs is 1. The van der Waals surface area contributed by atoms with Crippen LogP contribution in [0.2, 0.25) is 0 Å². The highest BCUT2D eigenvalue weighted by molar-refractivity contribution is 5.84. The van der Waals surface area contributed by atoms with Crippen LogP contribution in [0.25, 0.3) is 0 Å². The van der Waals surface area contributed by atoms with E-state index in [4.69, 9.17) is 5.11 Å². The van der Waals surface area contributed by atoms with Gasteiger partial charge < -0.3 is 10.0 Å². The molecule has 108 valence electrons. The van der Waals surface area contributed by atoms with E-state index in [9.17, 15) is 9.59 Å². The van der Waals surface area contributed by atoms with Crippen molar-refractivity contribution < 1.29 is 14.7 Å². The van der Waals surface area contributed by atoms with Crippen molar-refractivity contribution in [2.45, 2.75) is 46.0 Å². The summed E-state index contributed by atoms with van der Waals surface area (Å²) in [6.45, 7) is 5.03. The molecule has 2 fully saturated rings. The molecule has 0 radical (unpaired) electrons. The Morgan fingerprint density at radius 1 is 1.05 bits per heavy atom. The SMILES string of the molecule is CC(C(=O)O)C(C)C(=O)N1CCC2CCCCC2C1. The number of carbonyl (C=O) groups excluding carboxylic acids is 1. The molecule has 4 atom stereocenters. The number of piperidine rings is 1. The Kier molecular flexibility index (Phi) is 4.48. The standard InChI is InChI=1S/C15H25NO3/c1-10(11(2)15(18)19)14(17)16-8-7-12-5-3-4-6-13(12)9-16/h10-13H,3-9H2,1-2H3,(H,18,19). The molecule has 0 spiro atoms. The third-order valence-electron chi connectivity index (χ3n) is 5.13. The van der Waals surface area contributed by atoms with Gasteiger partial charge in [0.25, 0.3) is 0 Å². The van der Waals surface area contributed by atoms with Gasteiger partial charge in [0.05, 0.1) is 5.92 Å². The van der Waals surface area contributed by atoms with Crippen LogP contribution >= 0.6 is 0 Å². The number of aliphatic carboxylic acids is 1. The number of rotatable bonds is 3. The van der Waals surface area contributed by atoms with Gasteiger partial charge in [-0.25, -0.2) is 0 Å². The number of carboxylic acids is 1. The summed E-state index contributed by atoms with van der Waals surface area (Å²) >= 11 is 0. The number of hydrogen-bond acceptors (Lipinski definition) is 2. The predicted octanol–water partition coefficient (Wildman–Crippen LogP) is 2.38. The van der Waals surface area contributed by atoms with Gasteiger partial charge in [-0.2, -0.15) is 0 Å². The normalized spacial score (nSPS) is 30.3. The molecule has 2 rings (SSSR count). The van der Waals surface area contributed by atoms with Crippen LogP contribution in [0.3, 0.4) is 0 Å². The smallest absolute Gasteiger partial charge is 0.307 e. The van der Waals surface area contributed by atoms with Crippen LogP contribution in [0, 0.1) is 23.7 Å². The molecule has 4 heteroatoms. The minimum atomic E-state index is -0.881. The summed E-state index contributed by atoms with van der Waals surface area (Å²) < 4.78 is 0. The molecule has 2 aliphatic rings. The van der Waals surface area contributed by atoms with Crippen LogP contribution in [0.4, 0.5) is 0 Å². The summed E-state index contributed by atoms with van der Waals surface area (Å²) in [5, 5.41) is 9.02. The molecule has 4 unspecified atom stereocenters. The first kappa shape index (κ1) is 14.4. The monoisotopic (exact) mass is 267 g/mol. The third kappa shape index (κ3) is 3.10. The molecule has 1 saturated carbocycles. The molecule has 1 aliphatic heterocycles. The van der Waals surface area contributed by atoms with Gasteiger partial charge in [-0.05, 0) is 24.7 Å². The summed E-state index contributed by atoms with van der Waals surface area (Å²) in [4.78, 5) is 25.3. The van der Waals surface area contributed by atoms with Gasteiger partial charge >= 0.3 is 5.97 Å². The van der Waals surface area contributed by atoms with E-state index < -0.39 is 17.8 Å². The quantitative estimate of drug-likeness (QED) is 0.854. The Morgan fingerprint density at radius 2 is 1.68 bits per heavy atom. The average Bonchev–Trinajstić information content (AvgIpc) is 2.44. The first-order valence-electron chi connectivity index (χ1n) is 7.52. The van der Waals surface area contributed by atoms with Gasteiger partial charge in [-0.1, -0.05) is 33.1 Å². The molecule has 19 heavy (non-hydrogen) atoms. The van der Waals surface area contributed by atoms with Gasteiger partial charge in [-0.3, -0.25) is 9.59 Å². The molecule has 1 amide bonds. The second-order valence-electron chi connectivity index (χ2n) is 6.29. The number of hydrogen-bond donors (Lipinski definition) is 1. The molecule has 1 N–H and O–H groups in total. The summed E-state index contributed by atoms with van der Waals surface area (Å²) in [7, 11) is 0. The van der Waals surface area contributed by atoms with Gasteiger partial charge in [0.1, 0.15) is 0 Å². The van der Waals surface area contributed by atoms with Gasteiger partial charge in [-0.15, -0.1) is 0 Å². The maximum Gasteiger partial charge on any atom is 0.307 e. The zero-order chi connectivity index (χ0) is 14.0. The lowest BCUT2D eigenvalue weighted by atomic mass is 9.75. The summed E-state index contributed by atoms with van der Waals surface area (Å²) in [6, 6.07) is 0. The fraction of sp³-hybridized carbons (Fsp3) is 0.867. The first-order valence-corrected chi connectivity index (χ1v) is 7.52.